The number of anilines is 2. The van der Waals surface area contributed by atoms with E-state index in [1.165, 1.54) is 18.3 Å². The summed E-state index contributed by atoms with van der Waals surface area (Å²) >= 11 is 0. The van der Waals surface area contributed by atoms with Gasteiger partial charge in [-0.2, -0.15) is 0 Å². The summed E-state index contributed by atoms with van der Waals surface area (Å²) in [5.74, 6) is -1.54. The Bertz CT molecular complexity index is 875. The summed E-state index contributed by atoms with van der Waals surface area (Å²) in [5.41, 5.74) is -0.0821. The van der Waals surface area contributed by atoms with E-state index in [0.29, 0.717) is 12.4 Å². The third kappa shape index (κ3) is 4.28. The molecule has 2 unspecified atom stereocenters. The van der Waals surface area contributed by atoms with Crippen LogP contribution in [0.4, 0.5) is 20.3 Å². The number of aliphatic hydroxyl groups is 1. The number of rotatable bonds is 6. The number of halogens is 2. The lowest BCUT2D eigenvalue weighted by atomic mass is 10.1. The lowest BCUT2D eigenvalue weighted by Crippen LogP contribution is -2.22. The minimum atomic E-state index is -3.97. The van der Waals surface area contributed by atoms with Crippen LogP contribution in [-0.4, -0.2) is 31.2 Å². The molecule has 0 bridgehead atoms. The molecule has 0 saturated heterocycles. The molecule has 2 atom stereocenters. The molecule has 6 nitrogen and oxygen atoms in total. The summed E-state index contributed by atoms with van der Waals surface area (Å²) in [6, 6.07) is 5.62. The van der Waals surface area contributed by atoms with E-state index in [0.717, 1.165) is 37.5 Å². The first-order valence-electron chi connectivity index (χ1n) is 8.21. The van der Waals surface area contributed by atoms with Gasteiger partial charge in [0.25, 0.3) is 10.0 Å². The Morgan fingerprint density at radius 2 is 1.96 bits per heavy atom. The molecule has 9 heteroatoms. The number of nitrogens with one attached hydrogen (secondary N) is 2. The summed E-state index contributed by atoms with van der Waals surface area (Å²) < 4.78 is 52.9. The second-order valence-electron chi connectivity index (χ2n) is 6.25. The van der Waals surface area contributed by atoms with E-state index in [4.69, 9.17) is 0 Å². The van der Waals surface area contributed by atoms with Crippen LogP contribution in [0.5, 0.6) is 0 Å². The fraction of sp³-hybridized carbons (Fsp3) is 0.353. The van der Waals surface area contributed by atoms with Gasteiger partial charge in [-0.05, 0) is 37.1 Å². The fourth-order valence-corrected chi connectivity index (χ4v) is 3.90. The van der Waals surface area contributed by atoms with Crippen molar-refractivity contribution >= 4 is 21.5 Å². The summed E-state index contributed by atoms with van der Waals surface area (Å²) in [6.07, 6.45) is 3.59. The average Bonchev–Trinajstić information content (AvgIpc) is 3.01. The van der Waals surface area contributed by atoms with E-state index in [1.807, 2.05) is 0 Å². The van der Waals surface area contributed by atoms with Crippen molar-refractivity contribution < 1.29 is 22.3 Å². The van der Waals surface area contributed by atoms with Crippen LogP contribution in [-0.2, 0) is 10.0 Å². The molecule has 1 saturated carbocycles. The molecule has 2 aromatic rings. The van der Waals surface area contributed by atoms with Gasteiger partial charge in [-0.3, -0.25) is 4.72 Å². The van der Waals surface area contributed by atoms with Gasteiger partial charge >= 0.3 is 0 Å². The van der Waals surface area contributed by atoms with Crippen molar-refractivity contribution in [2.75, 3.05) is 16.6 Å². The highest BCUT2D eigenvalue weighted by molar-refractivity contribution is 7.92. The van der Waals surface area contributed by atoms with E-state index in [-0.39, 0.29) is 22.6 Å². The highest BCUT2D eigenvalue weighted by Crippen LogP contribution is 2.25. The third-order valence-corrected chi connectivity index (χ3v) is 5.75. The minimum Gasteiger partial charge on any atom is -0.393 e. The number of benzene rings is 1. The van der Waals surface area contributed by atoms with Crippen molar-refractivity contribution in [3.63, 3.8) is 0 Å². The van der Waals surface area contributed by atoms with E-state index in [9.17, 15) is 22.3 Å². The van der Waals surface area contributed by atoms with Crippen molar-refractivity contribution in [2.24, 2.45) is 5.92 Å². The first-order chi connectivity index (χ1) is 12.3. The van der Waals surface area contributed by atoms with Crippen molar-refractivity contribution in [1.29, 1.82) is 0 Å². The molecule has 0 aliphatic heterocycles. The molecule has 1 aliphatic rings. The second kappa shape index (κ2) is 7.55. The van der Waals surface area contributed by atoms with Gasteiger partial charge in [-0.25, -0.2) is 22.2 Å². The lowest BCUT2D eigenvalue weighted by molar-refractivity contribution is 0.138. The van der Waals surface area contributed by atoms with E-state index < -0.39 is 21.7 Å². The van der Waals surface area contributed by atoms with E-state index >= 15 is 0 Å². The molecular formula is C17H19F2N3O3S. The van der Waals surface area contributed by atoms with Crippen LogP contribution in [0.15, 0.2) is 41.4 Å². The van der Waals surface area contributed by atoms with Crippen LogP contribution in [0.2, 0.25) is 0 Å². The van der Waals surface area contributed by atoms with Crippen LogP contribution in [0, 0.1) is 17.6 Å². The van der Waals surface area contributed by atoms with Gasteiger partial charge in [0.05, 0.1) is 11.8 Å². The molecule has 0 spiro atoms. The van der Waals surface area contributed by atoms with Crippen LogP contribution in [0.3, 0.4) is 0 Å². The van der Waals surface area contributed by atoms with Crippen molar-refractivity contribution in [1.82, 2.24) is 4.98 Å². The second-order valence-corrected chi connectivity index (χ2v) is 7.94. The lowest BCUT2D eigenvalue weighted by Gasteiger charge is -2.15. The highest BCUT2D eigenvalue weighted by Gasteiger charge is 2.24. The van der Waals surface area contributed by atoms with Crippen molar-refractivity contribution in [2.45, 2.75) is 30.3 Å². The largest absolute Gasteiger partial charge is 0.393 e. The summed E-state index contributed by atoms with van der Waals surface area (Å²) in [6.45, 7) is 0.563. The van der Waals surface area contributed by atoms with Gasteiger partial charge in [0.2, 0.25) is 0 Å². The van der Waals surface area contributed by atoms with Gasteiger partial charge in [0.1, 0.15) is 10.7 Å². The van der Waals surface area contributed by atoms with Crippen molar-refractivity contribution in [3.05, 3.63) is 48.2 Å². The molecular weight excluding hydrogens is 364 g/mol. The fourth-order valence-electron chi connectivity index (χ4n) is 2.91. The topological polar surface area (TPSA) is 91.3 Å². The van der Waals surface area contributed by atoms with Gasteiger partial charge in [-0.15, -0.1) is 0 Å². The SMILES string of the molecule is O=S(=O)(Nc1ccc(F)c(F)c1)c1ccc(NCC2CCCC2O)nc1. The number of sulfonamides is 1. The zero-order valence-electron chi connectivity index (χ0n) is 13.8. The predicted molar refractivity (Wildman–Crippen MR) is 93.2 cm³/mol. The van der Waals surface area contributed by atoms with Crippen LogP contribution >= 0.6 is 0 Å². The minimum absolute atomic E-state index is 0.0821. The van der Waals surface area contributed by atoms with E-state index in [2.05, 4.69) is 15.0 Å². The average molecular weight is 383 g/mol. The molecule has 26 heavy (non-hydrogen) atoms. The number of hydrogen-bond acceptors (Lipinski definition) is 5. The maximum Gasteiger partial charge on any atom is 0.263 e. The Balaban J connectivity index is 1.65. The molecule has 0 radical (unpaired) electrons. The number of hydrogen-bond donors (Lipinski definition) is 3. The van der Waals surface area contributed by atoms with Crippen molar-refractivity contribution in [3.8, 4) is 0 Å². The number of pyridine rings is 1. The van der Waals surface area contributed by atoms with Gasteiger partial charge in [-0.1, -0.05) is 6.42 Å². The number of aromatic nitrogens is 1. The Labute approximate surface area is 150 Å². The normalized spacial score (nSPS) is 20.1. The van der Waals surface area contributed by atoms with E-state index in [1.54, 1.807) is 0 Å². The highest BCUT2D eigenvalue weighted by atomic mass is 32.2. The van der Waals surface area contributed by atoms with Crippen LogP contribution in [0.25, 0.3) is 0 Å². The molecule has 1 aliphatic carbocycles. The number of nitrogens with zero attached hydrogens (tertiary/aromatic N) is 1. The van der Waals surface area contributed by atoms with Gasteiger partial charge in [0, 0.05) is 24.7 Å². The molecule has 1 aromatic carbocycles. The smallest absolute Gasteiger partial charge is 0.263 e. The summed E-state index contributed by atoms with van der Waals surface area (Å²) in [7, 11) is -3.97. The van der Waals surface area contributed by atoms with Crippen LogP contribution in [0.1, 0.15) is 19.3 Å². The Morgan fingerprint density at radius 1 is 1.15 bits per heavy atom. The summed E-state index contributed by atoms with van der Waals surface area (Å²) in [4.78, 5) is 3.96. The van der Waals surface area contributed by atoms with Gasteiger partial charge in [0.15, 0.2) is 11.6 Å². The first-order valence-corrected chi connectivity index (χ1v) is 9.69. The Morgan fingerprint density at radius 3 is 2.58 bits per heavy atom. The maximum atomic E-state index is 13.2. The monoisotopic (exact) mass is 383 g/mol. The Hall–Kier alpha value is -2.26. The standard InChI is InChI=1S/C17H19F2N3O3S/c18-14-6-4-12(8-15(14)19)22-26(24,25)13-5-7-17(21-10-13)20-9-11-2-1-3-16(11)23/h4-8,10-11,16,22-23H,1-3,9H2,(H,20,21). The molecule has 140 valence electrons. The molecule has 3 rings (SSSR count). The zero-order chi connectivity index (χ0) is 18.7. The molecule has 3 N–H and O–H groups in total. The molecule has 1 aromatic heterocycles. The molecule has 0 amide bonds. The first kappa shape index (κ1) is 18.5. The zero-order valence-corrected chi connectivity index (χ0v) is 14.6. The third-order valence-electron chi connectivity index (χ3n) is 4.38. The molecule has 1 heterocycles. The number of aliphatic hydroxyl groups excluding tert-OH is 1. The Kier molecular flexibility index (Phi) is 5.38. The maximum absolute atomic E-state index is 13.2. The predicted octanol–water partition coefficient (Wildman–Crippen LogP) is 2.73. The van der Waals surface area contributed by atoms with Gasteiger partial charge < -0.3 is 10.4 Å². The summed E-state index contributed by atoms with van der Waals surface area (Å²) in [5, 5.41) is 12.9. The molecule has 1 fully saturated rings. The van der Waals surface area contributed by atoms with Crippen LogP contribution < -0.4 is 10.0 Å². The quantitative estimate of drug-likeness (QED) is 0.714.